The molecule has 0 atom stereocenters. The summed E-state index contributed by atoms with van der Waals surface area (Å²) in [6, 6.07) is 14.8. The summed E-state index contributed by atoms with van der Waals surface area (Å²) in [5.74, 6) is -0.847. The van der Waals surface area contributed by atoms with E-state index in [1.54, 1.807) is 48.5 Å². The summed E-state index contributed by atoms with van der Waals surface area (Å²) in [6.45, 7) is 5.91. The molecule has 0 aromatic heterocycles. The lowest BCUT2D eigenvalue weighted by atomic mass is 10.0. The van der Waals surface area contributed by atoms with E-state index >= 15 is 0 Å². The maximum atomic E-state index is 13.2. The molecule has 3 aromatic rings. The van der Waals surface area contributed by atoms with E-state index in [-0.39, 0.29) is 12.2 Å². The molecule has 1 aliphatic rings. The maximum Gasteiger partial charge on any atom is 0.335 e. The Morgan fingerprint density at radius 2 is 1.81 bits per heavy atom. The number of carbonyl (C=O) groups is 3. The Balaban J connectivity index is 1.62. The zero-order chi connectivity index (χ0) is 26.7. The predicted octanol–water partition coefficient (Wildman–Crippen LogP) is 7.04. The van der Waals surface area contributed by atoms with Crippen LogP contribution in [-0.2, 0) is 22.6 Å². The molecule has 0 radical (unpaired) electrons. The van der Waals surface area contributed by atoms with Crippen molar-refractivity contribution in [2.24, 2.45) is 0 Å². The fourth-order valence-electron chi connectivity index (χ4n) is 3.76. The van der Waals surface area contributed by atoms with Crippen molar-refractivity contribution < 1.29 is 19.1 Å². The lowest BCUT2D eigenvalue weighted by Gasteiger charge is -2.26. The summed E-state index contributed by atoms with van der Waals surface area (Å²) in [5, 5.41) is 3.15. The van der Waals surface area contributed by atoms with E-state index in [4.69, 9.17) is 27.9 Å². The minimum absolute atomic E-state index is 0.158. The number of imide groups is 2. The van der Waals surface area contributed by atoms with Gasteiger partial charge in [0.1, 0.15) is 17.9 Å². The smallest absolute Gasteiger partial charge is 0.335 e. The Bertz CT molecular complexity index is 1470. The van der Waals surface area contributed by atoms with Gasteiger partial charge in [0, 0.05) is 4.47 Å². The van der Waals surface area contributed by atoms with Crippen molar-refractivity contribution in [2.45, 2.75) is 20.0 Å². The Morgan fingerprint density at radius 1 is 1.03 bits per heavy atom. The average molecular weight is 600 g/mol. The summed E-state index contributed by atoms with van der Waals surface area (Å²) < 4.78 is 6.83. The number of allylic oxidation sites excluding steroid dienone is 1. The molecule has 9 heteroatoms. The Labute approximate surface area is 232 Å². The fourth-order valence-corrected chi connectivity index (χ4v) is 4.33. The highest BCUT2D eigenvalue weighted by atomic mass is 79.9. The number of barbiturate groups is 1. The monoisotopic (exact) mass is 598 g/mol. The van der Waals surface area contributed by atoms with Crippen molar-refractivity contribution in [1.29, 1.82) is 0 Å². The fraction of sp³-hybridized carbons (Fsp3) is 0.107. The second kappa shape index (κ2) is 11.3. The molecule has 37 heavy (non-hydrogen) atoms. The largest absolute Gasteiger partial charge is 0.489 e. The number of benzene rings is 3. The first-order valence-electron chi connectivity index (χ1n) is 11.2. The van der Waals surface area contributed by atoms with E-state index < -0.39 is 17.8 Å². The summed E-state index contributed by atoms with van der Waals surface area (Å²) in [5.41, 5.74) is 3.30. The van der Waals surface area contributed by atoms with Gasteiger partial charge in [-0.25, -0.2) is 9.69 Å². The third kappa shape index (κ3) is 5.96. The van der Waals surface area contributed by atoms with Gasteiger partial charge in [-0.05, 0) is 84.1 Å². The van der Waals surface area contributed by atoms with Crippen LogP contribution >= 0.6 is 39.1 Å². The number of nitrogens with zero attached hydrogens (tertiary/aromatic N) is 1. The van der Waals surface area contributed by atoms with Crippen molar-refractivity contribution in [3.63, 3.8) is 0 Å². The number of anilines is 1. The zero-order valence-corrected chi connectivity index (χ0v) is 22.8. The van der Waals surface area contributed by atoms with Crippen molar-refractivity contribution in [3.05, 3.63) is 110 Å². The van der Waals surface area contributed by atoms with Crippen molar-refractivity contribution in [1.82, 2.24) is 5.32 Å². The highest BCUT2D eigenvalue weighted by Crippen LogP contribution is 2.29. The molecule has 4 amide bonds. The number of hydrogen-bond donors (Lipinski definition) is 1. The number of rotatable bonds is 7. The van der Waals surface area contributed by atoms with Gasteiger partial charge in [0.25, 0.3) is 11.8 Å². The molecule has 0 spiro atoms. The number of halogens is 3. The molecular weight excluding hydrogens is 579 g/mol. The van der Waals surface area contributed by atoms with Crippen LogP contribution in [0.25, 0.3) is 6.08 Å². The summed E-state index contributed by atoms with van der Waals surface area (Å²) in [6.07, 6.45) is 3.68. The third-order valence-corrected chi connectivity index (χ3v) is 7.27. The van der Waals surface area contributed by atoms with Crippen LogP contribution in [0.1, 0.15) is 22.3 Å². The third-order valence-electron chi connectivity index (χ3n) is 5.64. The highest BCUT2D eigenvalue weighted by Gasteiger charge is 2.37. The van der Waals surface area contributed by atoms with Crippen LogP contribution in [0.2, 0.25) is 10.0 Å². The molecule has 0 aliphatic carbocycles. The number of urea groups is 1. The van der Waals surface area contributed by atoms with E-state index in [1.165, 1.54) is 6.08 Å². The molecule has 6 nitrogen and oxygen atoms in total. The van der Waals surface area contributed by atoms with E-state index in [0.29, 0.717) is 33.5 Å². The second-order valence-corrected chi connectivity index (χ2v) is 9.96. The van der Waals surface area contributed by atoms with Gasteiger partial charge in [0.2, 0.25) is 0 Å². The molecule has 1 N–H and O–H groups in total. The maximum absolute atomic E-state index is 13.2. The van der Waals surface area contributed by atoms with Gasteiger partial charge in [-0.1, -0.05) is 57.3 Å². The number of amides is 4. The van der Waals surface area contributed by atoms with E-state index in [9.17, 15) is 14.4 Å². The predicted molar refractivity (Wildman–Crippen MR) is 149 cm³/mol. The van der Waals surface area contributed by atoms with Crippen molar-refractivity contribution in [3.8, 4) is 5.75 Å². The van der Waals surface area contributed by atoms with Gasteiger partial charge in [0.05, 0.1) is 15.7 Å². The lowest BCUT2D eigenvalue weighted by Crippen LogP contribution is -2.54. The van der Waals surface area contributed by atoms with Gasteiger partial charge < -0.3 is 4.74 Å². The summed E-state index contributed by atoms with van der Waals surface area (Å²) in [4.78, 5) is 39.3. The zero-order valence-electron chi connectivity index (χ0n) is 19.7. The number of aryl methyl sites for hydroxylation is 1. The number of hydrogen-bond acceptors (Lipinski definition) is 4. The lowest BCUT2D eigenvalue weighted by molar-refractivity contribution is -0.122. The molecule has 1 fully saturated rings. The quantitative estimate of drug-likeness (QED) is 0.180. The molecule has 3 aromatic carbocycles. The van der Waals surface area contributed by atoms with Crippen LogP contribution in [0.5, 0.6) is 5.75 Å². The van der Waals surface area contributed by atoms with Crippen molar-refractivity contribution in [2.75, 3.05) is 4.90 Å². The van der Waals surface area contributed by atoms with E-state index in [0.717, 1.165) is 26.1 Å². The number of nitrogens with one attached hydrogen (secondary N) is 1. The molecule has 1 heterocycles. The van der Waals surface area contributed by atoms with Crippen LogP contribution in [0.3, 0.4) is 0 Å². The van der Waals surface area contributed by atoms with Crippen LogP contribution < -0.4 is 15.0 Å². The van der Waals surface area contributed by atoms with Gasteiger partial charge in [-0.15, -0.1) is 6.58 Å². The van der Waals surface area contributed by atoms with E-state index in [2.05, 4.69) is 27.8 Å². The van der Waals surface area contributed by atoms with Crippen LogP contribution in [0, 0.1) is 6.92 Å². The summed E-state index contributed by atoms with van der Waals surface area (Å²) in [7, 11) is 0. The first kappa shape index (κ1) is 26.7. The molecule has 188 valence electrons. The minimum Gasteiger partial charge on any atom is -0.489 e. The van der Waals surface area contributed by atoms with Gasteiger partial charge in [-0.3, -0.25) is 14.9 Å². The first-order chi connectivity index (χ1) is 17.7. The highest BCUT2D eigenvalue weighted by molar-refractivity contribution is 9.10. The second-order valence-electron chi connectivity index (χ2n) is 8.29. The Morgan fingerprint density at radius 3 is 2.51 bits per heavy atom. The Hall–Kier alpha value is -3.39. The molecule has 0 bridgehead atoms. The van der Waals surface area contributed by atoms with Crippen LogP contribution in [0.15, 0.2) is 77.3 Å². The first-order valence-corrected chi connectivity index (χ1v) is 12.7. The molecule has 0 saturated carbocycles. The SMILES string of the molecule is C=CCc1cc(/C=C2\C(=O)NC(=O)N(c3ccc(Br)c(C)c3)C2=O)ccc1OCc1ccc(Cl)c(Cl)c1. The van der Waals surface area contributed by atoms with Crippen LogP contribution in [-0.4, -0.2) is 17.8 Å². The minimum atomic E-state index is -0.799. The van der Waals surface area contributed by atoms with Gasteiger partial charge in [0.15, 0.2) is 0 Å². The summed E-state index contributed by atoms with van der Waals surface area (Å²) >= 11 is 15.5. The molecule has 4 rings (SSSR count). The normalized spacial score (nSPS) is 14.6. The van der Waals surface area contributed by atoms with Gasteiger partial charge >= 0.3 is 6.03 Å². The molecule has 0 unspecified atom stereocenters. The molecular formula is C28H21BrCl2N2O4. The Kier molecular flexibility index (Phi) is 8.17. The topological polar surface area (TPSA) is 75.7 Å². The van der Waals surface area contributed by atoms with E-state index in [1.807, 2.05) is 19.1 Å². The molecule has 1 saturated heterocycles. The standard InChI is InChI=1S/C28H21BrCl2N2O4/c1-3-4-19-12-17(6-10-25(19)37-15-18-5-9-23(30)24(31)14-18)13-21-26(34)32-28(36)33(27(21)35)20-7-8-22(29)16(2)11-20/h3,5-14H,1,4,15H2,2H3,(H,32,34,36)/b21-13+. The van der Waals surface area contributed by atoms with Crippen LogP contribution in [0.4, 0.5) is 10.5 Å². The average Bonchev–Trinajstić information content (AvgIpc) is 2.85. The number of carbonyl (C=O) groups excluding carboxylic acids is 3. The van der Waals surface area contributed by atoms with Crippen molar-refractivity contribution >= 4 is 68.7 Å². The molecule has 1 aliphatic heterocycles. The van der Waals surface area contributed by atoms with Gasteiger partial charge in [-0.2, -0.15) is 0 Å². The number of ether oxygens (including phenoxy) is 1.